The van der Waals surface area contributed by atoms with Gasteiger partial charge in [0.25, 0.3) is 0 Å². The predicted octanol–water partition coefficient (Wildman–Crippen LogP) is 3.21. The van der Waals surface area contributed by atoms with Crippen LogP contribution in [0.3, 0.4) is 0 Å². The van der Waals surface area contributed by atoms with Crippen LogP contribution in [0, 0.1) is 0 Å². The number of hydrogen-bond acceptors (Lipinski definition) is 3. The Hall–Kier alpha value is -1.59. The molecular weight excluding hydrogens is 346 g/mol. The Kier molecular flexibility index (Phi) is 8.62. The highest BCUT2D eigenvalue weighted by atomic mass is 15.2. The van der Waals surface area contributed by atoms with Gasteiger partial charge in [-0.05, 0) is 69.8 Å². The zero-order chi connectivity index (χ0) is 19.6. The van der Waals surface area contributed by atoms with Crippen LogP contribution in [0.15, 0.2) is 29.3 Å². The maximum atomic E-state index is 4.36. The van der Waals surface area contributed by atoms with E-state index in [1.165, 1.54) is 69.4 Å². The van der Waals surface area contributed by atoms with Crippen LogP contribution in [0.2, 0.25) is 0 Å². The van der Waals surface area contributed by atoms with Gasteiger partial charge in [0.05, 0.1) is 0 Å². The van der Waals surface area contributed by atoms with Crippen molar-refractivity contribution in [3.63, 3.8) is 0 Å². The van der Waals surface area contributed by atoms with Gasteiger partial charge in [-0.15, -0.1) is 0 Å². The van der Waals surface area contributed by atoms with Gasteiger partial charge in [-0.1, -0.05) is 30.7 Å². The van der Waals surface area contributed by atoms with Crippen LogP contribution in [-0.2, 0) is 13.1 Å². The predicted molar refractivity (Wildman–Crippen MR) is 119 cm³/mol. The van der Waals surface area contributed by atoms with Gasteiger partial charge in [0.15, 0.2) is 5.96 Å². The third kappa shape index (κ3) is 6.78. The second kappa shape index (κ2) is 11.4. The van der Waals surface area contributed by atoms with Crippen molar-refractivity contribution in [3.8, 4) is 0 Å². The van der Waals surface area contributed by atoms with Gasteiger partial charge in [-0.25, -0.2) is 0 Å². The zero-order valence-corrected chi connectivity index (χ0v) is 17.9. The van der Waals surface area contributed by atoms with E-state index < -0.39 is 0 Å². The normalized spacial score (nSPS) is 21.8. The lowest BCUT2D eigenvalue weighted by Gasteiger charge is -2.33. The highest BCUT2D eigenvalue weighted by molar-refractivity contribution is 5.79. The maximum Gasteiger partial charge on any atom is 0.191 e. The van der Waals surface area contributed by atoms with E-state index in [0.29, 0.717) is 0 Å². The third-order valence-electron chi connectivity index (χ3n) is 6.17. The molecule has 0 bridgehead atoms. The largest absolute Gasteiger partial charge is 0.356 e. The minimum atomic E-state index is 0.750. The first-order valence-corrected chi connectivity index (χ1v) is 11.2. The SMILES string of the molecule is CN=C(NCCCN1CCCCC1C)NCc1ccc(CN2CCCC2)cc1. The summed E-state index contributed by atoms with van der Waals surface area (Å²) in [5, 5.41) is 6.90. The molecule has 3 rings (SSSR count). The first-order valence-electron chi connectivity index (χ1n) is 11.2. The van der Waals surface area contributed by atoms with E-state index in [9.17, 15) is 0 Å². The lowest BCUT2D eigenvalue weighted by molar-refractivity contribution is 0.159. The summed E-state index contributed by atoms with van der Waals surface area (Å²) in [6.45, 7) is 10.2. The molecule has 156 valence electrons. The van der Waals surface area contributed by atoms with Crippen molar-refractivity contribution >= 4 is 5.96 Å². The fraction of sp³-hybridized carbons (Fsp3) is 0.696. The van der Waals surface area contributed by atoms with Crippen molar-refractivity contribution in [3.05, 3.63) is 35.4 Å². The van der Waals surface area contributed by atoms with E-state index in [-0.39, 0.29) is 0 Å². The monoisotopic (exact) mass is 385 g/mol. The first-order chi connectivity index (χ1) is 13.7. The minimum Gasteiger partial charge on any atom is -0.356 e. The van der Waals surface area contributed by atoms with Crippen LogP contribution in [0.25, 0.3) is 0 Å². The average Bonchev–Trinajstić information content (AvgIpc) is 3.23. The molecule has 2 aliphatic heterocycles. The van der Waals surface area contributed by atoms with Crippen LogP contribution >= 0.6 is 0 Å². The molecule has 2 aliphatic rings. The molecule has 0 spiro atoms. The van der Waals surface area contributed by atoms with Crippen LogP contribution < -0.4 is 10.6 Å². The second-order valence-corrected chi connectivity index (χ2v) is 8.39. The molecule has 1 unspecified atom stereocenters. The van der Waals surface area contributed by atoms with Crippen molar-refractivity contribution in [1.82, 2.24) is 20.4 Å². The second-order valence-electron chi connectivity index (χ2n) is 8.39. The number of rotatable bonds is 8. The lowest BCUT2D eigenvalue weighted by atomic mass is 10.0. The molecule has 1 aromatic carbocycles. The molecule has 2 saturated heterocycles. The van der Waals surface area contributed by atoms with Crippen molar-refractivity contribution < 1.29 is 0 Å². The Morgan fingerprint density at radius 2 is 1.71 bits per heavy atom. The molecule has 1 aromatic rings. The van der Waals surface area contributed by atoms with Gasteiger partial charge in [0, 0.05) is 39.3 Å². The van der Waals surface area contributed by atoms with Gasteiger partial charge in [0.1, 0.15) is 0 Å². The van der Waals surface area contributed by atoms with E-state index in [1.54, 1.807) is 0 Å². The molecule has 5 nitrogen and oxygen atoms in total. The third-order valence-corrected chi connectivity index (χ3v) is 6.17. The van der Waals surface area contributed by atoms with Gasteiger partial charge >= 0.3 is 0 Å². The van der Waals surface area contributed by atoms with E-state index in [4.69, 9.17) is 0 Å². The van der Waals surface area contributed by atoms with Crippen molar-refractivity contribution in [2.75, 3.05) is 39.8 Å². The quantitative estimate of drug-likeness (QED) is 0.410. The average molecular weight is 386 g/mol. The van der Waals surface area contributed by atoms with Crippen molar-refractivity contribution in [2.24, 2.45) is 4.99 Å². The molecule has 0 aromatic heterocycles. The maximum absolute atomic E-state index is 4.36. The zero-order valence-electron chi connectivity index (χ0n) is 17.9. The highest BCUT2D eigenvalue weighted by Gasteiger charge is 2.17. The summed E-state index contributed by atoms with van der Waals surface area (Å²) < 4.78 is 0. The van der Waals surface area contributed by atoms with Crippen molar-refractivity contribution in [1.29, 1.82) is 0 Å². The van der Waals surface area contributed by atoms with Gasteiger partial charge in [-0.2, -0.15) is 0 Å². The highest BCUT2D eigenvalue weighted by Crippen LogP contribution is 2.16. The molecule has 2 fully saturated rings. The number of guanidine groups is 1. The van der Waals surface area contributed by atoms with Crippen LogP contribution in [-0.4, -0.2) is 61.6 Å². The minimum absolute atomic E-state index is 0.750. The van der Waals surface area contributed by atoms with Crippen molar-refractivity contribution in [2.45, 2.75) is 64.6 Å². The number of nitrogens with one attached hydrogen (secondary N) is 2. The van der Waals surface area contributed by atoms with Gasteiger partial charge < -0.3 is 15.5 Å². The molecule has 0 radical (unpaired) electrons. The van der Waals surface area contributed by atoms with E-state index >= 15 is 0 Å². The standard InChI is InChI=1S/C23H39N5/c1-20-8-3-4-16-28(20)17-7-13-25-23(24-2)26-18-21-9-11-22(12-10-21)19-27-14-5-6-15-27/h9-12,20H,3-8,13-19H2,1-2H3,(H2,24,25,26). The topological polar surface area (TPSA) is 42.9 Å². The fourth-order valence-electron chi connectivity index (χ4n) is 4.35. The number of hydrogen-bond donors (Lipinski definition) is 2. The molecule has 0 amide bonds. The molecule has 28 heavy (non-hydrogen) atoms. The van der Waals surface area contributed by atoms with E-state index in [0.717, 1.165) is 38.1 Å². The van der Waals surface area contributed by atoms with Crippen LogP contribution in [0.1, 0.15) is 56.6 Å². The van der Waals surface area contributed by atoms with Gasteiger partial charge in [-0.3, -0.25) is 9.89 Å². The summed E-state index contributed by atoms with van der Waals surface area (Å²) in [7, 11) is 1.85. The van der Waals surface area contributed by atoms with Crippen LogP contribution in [0.4, 0.5) is 0 Å². The molecule has 2 heterocycles. The van der Waals surface area contributed by atoms with Gasteiger partial charge in [0.2, 0.25) is 0 Å². The van der Waals surface area contributed by atoms with E-state index in [1.807, 2.05) is 7.05 Å². The molecule has 0 saturated carbocycles. The molecule has 5 heteroatoms. The Morgan fingerprint density at radius 1 is 1.00 bits per heavy atom. The Bertz CT molecular complexity index is 592. The summed E-state index contributed by atoms with van der Waals surface area (Å²) in [5.41, 5.74) is 2.72. The van der Waals surface area contributed by atoms with E-state index in [2.05, 4.69) is 56.6 Å². The molecule has 1 atom stereocenters. The Labute approximate surface area is 171 Å². The lowest BCUT2D eigenvalue weighted by Crippen LogP contribution is -2.41. The summed E-state index contributed by atoms with van der Waals surface area (Å²) in [6, 6.07) is 9.77. The number of aliphatic imine (C=N–C) groups is 1. The number of piperidine rings is 1. The number of likely N-dealkylation sites (tertiary alicyclic amines) is 2. The Balaban J connectivity index is 1.33. The summed E-state index contributed by atoms with van der Waals surface area (Å²) >= 11 is 0. The van der Waals surface area contributed by atoms with Crippen LogP contribution in [0.5, 0.6) is 0 Å². The first kappa shape index (κ1) is 21.1. The molecule has 2 N–H and O–H groups in total. The summed E-state index contributed by atoms with van der Waals surface area (Å²) in [5.74, 6) is 0.896. The Morgan fingerprint density at radius 3 is 2.43 bits per heavy atom. The molecule has 0 aliphatic carbocycles. The summed E-state index contributed by atoms with van der Waals surface area (Å²) in [6.07, 6.45) is 7.98. The summed E-state index contributed by atoms with van der Waals surface area (Å²) in [4.78, 5) is 9.54. The number of benzene rings is 1. The molecular formula is C23H39N5. The smallest absolute Gasteiger partial charge is 0.191 e. The number of nitrogens with zero attached hydrogens (tertiary/aromatic N) is 3. The fourth-order valence-corrected chi connectivity index (χ4v) is 4.35.